The molecule has 2 rings (SSSR count). The Balaban J connectivity index is 2.15. The van der Waals surface area contributed by atoms with Crippen molar-refractivity contribution in [3.8, 4) is 5.75 Å². The molecule has 5 heteroatoms. The molecule has 0 fully saturated rings. The highest BCUT2D eigenvalue weighted by molar-refractivity contribution is 6.42. The number of carboxylic acids is 1. The molecule has 110 valence electrons. The van der Waals surface area contributed by atoms with E-state index < -0.39 is 12.1 Å². The first-order valence-electron chi connectivity index (χ1n) is 6.36. The summed E-state index contributed by atoms with van der Waals surface area (Å²) in [5.41, 5.74) is 1.76. The van der Waals surface area contributed by atoms with Crippen LogP contribution in [-0.4, -0.2) is 17.2 Å². The van der Waals surface area contributed by atoms with Gasteiger partial charge in [0, 0.05) is 6.42 Å². The number of ether oxygens (including phenoxy) is 1. The first kappa shape index (κ1) is 15.7. The molecule has 0 aliphatic carbocycles. The first-order valence-corrected chi connectivity index (χ1v) is 7.11. The topological polar surface area (TPSA) is 46.5 Å². The second kappa shape index (κ2) is 6.83. The summed E-state index contributed by atoms with van der Waals surface area (Å²) >= 11 is 11.8. The van der Waals surface area contributed by atoms with E-state index in [-0.39, 0.29) is 6.42 Å². The van der Waals surface area contributed by atoms with E-state index in [1.54, 1.807) is 30.3 Å². The molecule has 0 aliphatic rings. The average molecular weight is 325 g/mol. The summed E-state index contributed by atoms with van der Waals surface area (Å²) in [6.07, 6.45) is -0.774. The molecule has 0 radical (unpaired) electrons. The first-order chi connectivity index (χ1) is 9.95. The van der Waals surface area contributed by atoms with Gasteiger partial charge in [0.1, 0.15) is 5.75 Å². The molecule has 0 bridgehead atoms. The molecule has 0 saturated heterocycles. The van der Waals surface area contributed by atoms with Gasteiger partial charge in [-0.05, 0) is 42.3 Å². The van der Waals surface area contributed by atoms with Crippen LogP contribution in [0.4, 0.5) is 0 Å². The van der Waals surface area contributed by atoms with Crippen LogP contribution in [0.3, 0.4) is 0 Å². The number of benzene rings is 2. The van der Waals surface area contributed by atoms with E-state index in [1.165, 1.54) is 0 Å². The Labute approximate surface area is 133 Å². The molecule has 0 amide bonds. The van der Waals surface area contributed by atoms with E-state index >= 15 is 0 Å². The fraction of sp³-hybridized carbons (Fsp3) is 0.188. The van der Waals surface area contributed by atoms with Crippen LogP contribution in [0, 0.1) is 6.92 Å². The van der Waals surface area contributed by atoms with Crippen molar-refractivity contribution in [1.29, 1.82) is 0 Å². The molecule has 0 aliphatic heterocycles. The van der Waals surface area contributed by atoms with Crippen molar-refractivity contribution >= 4 is 29.2 Å². The Morgan fingerprint density at radius 2 is 1.95 bits per heavy atom. The zero-order chi connectivity index (χ0) is 15.4. The maximum absolute atomic E-state index is 11.4. The van der Waals surface area contributed by atoms with Crippen LogP contribution in [0.15, 0.2) is 42.5 Å². The maximum Gasteiger partial charge on any atom is 0.345 e. The summed E-state index contributed by atoms with van der Waals surface area (Å²) in [5.74, 6) is -0.495. The van der Waals surface area contributed by atoms with Gasteiger partial charge in [0.05, 0.1) is 10.0 Å². The average Bonchev–Trinajstić information content (AvgIpc) is 2.42. The van der Waals surface area contributed by atoms with Gasteiger partial charge >= 0.3 is 5.97 Å². The van der Waals surface area contributed by atoms with Gasteiger partial charge in [-0.2, -0.15) is 0 Å². The van der Waals surface area contributed by atoms with Crippen molar-refractivity contribution in [3.05, 3.63) is 63.6 Å². The molecule has 0 spiro atoms. The lowest BCUT2D eigenvalue weighted by Crippen LogP contribution is -2.29. The number of rotatable bonds is 5. The highest BCUT2D eigenvalue weighted by Gasteiger charge is 2.20. The normalized spacial score (nSPS) is 12.0. The monoisotopic (exact) mass is 324 g/mol. The van der Waals surface area contributed by atoms with Crippen molar-refractivity contribution in [2.45, 2.75) is 19.4 Å². The summed E-state index contributed by atoms with van der Waals surface area (Å²) < 4.78 is 5.56. The highest BCUT2D eigenvalue weighted by Crippen LogP contribution is 2.24. The van der Waals surface area contributed by atoms with Crippen molar-refractivity contribution in [2.75, 3.05) is 0 Å². The van der Waals surface area contributed by atoms with Crippen molar-refractivity contribution in [2.24, 2.45) is 0 Å². The van der Waals surface area contributed by atoms with Crippen LogP contribution in [0.5, 0.6) is 5.75 Å². The zero-order valence-electron chi connectivity index (χ0n) is 11.3. The van der Waals surface area contributed by atoms with Gasteiger partial charge in [0.2, 0.25) is 0 Å². The molecule has 0 saturated carbocycles. The van der Waals surface area contributed by atoms with E-state index in [1.807, 2.05) is 19.1 Å². The molecule has 21 heavy (non-hydrogen) atoms. The number of carboxylic acid groups (broad SMARTS) is 1. The number of halogens is 2. The Kier molecular flexibility index (Phi) is 5.10. The molecule has 0 unspecified atom stereocenters. The number of hydrogen-bond donors (Lipinski definition) is 1. The quantitative estimate of drug-likeness (QED) is 0.887. The van der Waals surface area contributed by atoms with Gasteiger partial charge in [-0.25, -0.2) is 4.79 Å². The summed E-state index contributed by atoms with van der Waals surface area (Å²) in [7, 11) is 0. The number of hydrogen-bond acceptors (Lipinski definition) is 2. The Morgan fingerprint density at radius 3 is 2.57 bits per heavy atom. The standard InChI is InChI=1S/C16H14Cl2O3/c1-10-3-2-4-12(7-10)21-15(16(19)20)9-11-5-6-13(17)14(18)8-11/h2-8,15H,9H2,1H3,(H,19,20)/t15-/m1/s1. The van der Waals surface area contributed by atoms with Crippen LogP contribution in [0.1, 0.15) is 11.1 Å². The summed E-state index contributed by atoms with van der Waals surface area (Å²) in [4.78, 5) is 11.4. The van der Waals surface area contributed by atoms with Gasteiger partial charge in [-0.3, -0.25) is 0 Å². The van der Waals surface area contributed by atoms with Gasteiger partial charge in [-0.1, -0.05) is 41.4 Å². The molecular formula is C16H14Cl2O3. The van der Waals surface area contributed by atoms with Crippen molar-refractivity contribution in [3.63, 3.8) is 0 Å². The molecular weight excluding hydrogens is 311 g/mol. The maximum atomic E-state index is 11.4. The summed E-state index contributed by atoms with van der Waals surface area (Å²) in [5, 5.41) is 10.1. The highest BCUT2D eigenvalue weighted by atomic mass is 35.5. The van der Waals surface area contributed by atoms with E-state index in [0.29, 0.717) is 15.8 Å². The Morgan fingerprint density at radius 1 is 1.19 bits per heavy atom. The minimum atomic E-state index is -1.03. The number of carbonyl (C=O) groups is 1. The summed E-state index contributed by atoms with van der Waals surface area (Å²) in [6.45, 7) is 1.92. The van der Waals surface area contributed by atoms with Crippen molar-refractivity contribution < 1.29 is 14.6 Å². The second-order valence-electron chi connectivity index (χ2n) is 4.71. The number of aliphatic carboxylic acids is 1. The molecule has 2 aromatic carbocycles. The Hall–Kier alpha value is -1.71. The third kappa shape index (κ3) is 4.38. The third-order valence-electron chi connectivity index (χ3n) is 2.95. The van der Waals surface area contributed by atoms with Gasteiger partial charge < -0.3 is 9.84 Å². The lowest BCUT2D eigenvalue weighted by Gasteiger charge is -2.16. The van der Waals surface area contributed by atoms with E-state index in [0.717, 1.165) is 11.1 Å². The van der Waals surface area contributed by atoms with Crippen LogP contribution in [-0.2, 0) is 11.2 Å². The second-order valence-corrected chi connectivity index (χ2v) is 5.53. The van der Waals surface area contributed by atoms with Crippen LogP contribution in [0.2, 0.25) is 10.0 Å². The Bertz CT molecular complexity index is 656. The van der Waals surface area contributed by atoms with Gasteiger partial charge in [0.15, 0.2) is 6.10 Å². The molecule has 1 N–H and O–H groups in total. The van der Waals surface area contributed by atoms with E-state index in [4.69, 9.17) is 27.9 Å². The summed E-state index contributed by atoms with van der Waals surface area (Å²) in [6, 6.07) is 12.3. The molecule has 2 aromatic rings. The molecule has 0 aromatic heterocycles. The molecule has 1 atom stereocenters. The largest absolute Gasteiger partial charge is 0.478 e. The number of aryl methyl sites for hydroxylation is 1. The zero-order valence-corrected chi connectivity index (χ0v) is 12.9. The minimum Gasteiger partial charge on any atom is -0.478 e. The predicted molar refractivity (Wildman–Crippen MR) is 83.4 cm³/mol. The van der Waals surface area contributed by atoms with Crippen molar-refractivity contribution in [1.82, 2.24) is 0 Å². The molecule has 0 heterocycles. The smallest absolute Gasteiger partial charge is 0.345 e. The third-order valence-corrected chi connectivity index (χ3v) is 3.69. The SMILES string of the molecule is Cc1cccc(O[C@H](Cc2ccc(Cl)c(Cl)c2)C(=O)O)c1. The van der Waals surface area contributed by atoms with Crippen LogP contribution in [0.25, 0.3) is 0 Å². The lowest BCUT2D eigenvalue weighted by atomic mass is 10.1. The predicted octanol–water partition coefficient (Wildman–Crippen LogP) is 4.38. The van der Waals surface area contributed by atoms with E-state index in [9.17, 15) is 9.90 Å². The minimum absolute atomic E-state index is 0.208. The van der Waals surface area contributed by atoms with Gasteiger partial charge in [0.25, 0.3) is 0 Å². The van der Waals surface area contributed by atoms with E-state index in [2.05, 4.69) is 0 Å². The lowest BCUT2D eigenvalue weighted by molar-refractivity contribution is -0.145. The molecule has 3 nitrogen and oxygen atoms in total. The van der Waals surface area contributed by atoms with Gasteiger partial charge in [-0.15, -0.1) is 0 Å². The van der Waals surface area contributed by atoms with Crippen LogP contribution < -0.4 is 4.74 Å². The fourth-order valence-corrected chi connectivity index (χ4v) is 2.23. The van der Waals surface area contributed by atoms with Crippen LogP contribution >= 0.6 is 23.2 Å². The fourth-order valence-electron chi connectivity index (χ4n) is 1.91.